The molecule has 0 spiro atoms. The third kappa shape index (κ3) is 3.60. The van der Waals surface area contributed by atoms with Crippen molar-refractivity contribution in [2.24, 2.45) is 5.73 Å². The molecule has 1 amide bonds. The van der Waals surface area contributed by atoms with Gasteiger partial charge in [0.25, 0.3) is 0 Å². The summed E-state index contributed by atoms with van der Waals surface area (Å²) in [7, 11) is 1.50. The second-order valence-corrected chi connectivity index (χ2v) is 8.13. The van der Waals surface area contributed by atoms with Crippen LogP contribution in [0.25, 0.3) is 0 Å². The molecule has 2 atom stereocenters. The number of ether oxygens (including phenoxy) is 2. The minimum absolute atomic E-state index is 0.140. The summed E-state index contributed by atoms with van der Waals surface area (Å²) in [5.74, 6) is -0.533. The highest BCUT2D eigenvalue weighted by atomic mass is 35.6. The van der Waals surface area contributed by atoms with Gasteiger partial charge < -0.3 is 15.2 Å². The van der Waals surface area contributed by atoms with Crippen molar-refractivity contribution >= 4 is 58.4 Å². The highest BCUT2D eigenvalue weighted by Gasteiger charge is 2.52. The first-order valence-corrected chi connectivity index (χ1v) is 8.09. The van der Waals surface area contributed by atoms with E-state index in [1.165, 1.54) is 23.8 Å². The van der Waals surface area contributed by atoms with Gasteiger partial charge in [0.15, 0.2) is 0 Å². The van der Waals surface area contributed by atoms with Gasteiger partial charge in [-0.2, -0.15) is 0 Å². The van der Waals surface area contributed by atoms with Crippen LogP contribution in [0, 0.1) is 0 Å². The number of rotatable bonds is 4. The molecule has 2 rings (SSSR count). The first-order chi connectivity index (χ1) is 9.76. The number of alkyl halides is 3. The number of hydrogen-bond donors (Lipinski definition) is 1. The van der Waals surface area contributed by atoms with Gasteiger partial charge in [0.1, 0.15) is 23.7 Å². The summed E-state index contributed by atoms with van der Waals surface area (Å²) in [5.41, 5.74) is 6.51. The standard InChI is InChI=1S/C11H13Cl3N2O4S/c1-19-2-5-3-21-9-6(15)8(17)16(9)7(5)10(18)20-4-11(12,13)14/h6,9H,2-4,15H2,1H3/t6?,9-/m1/s1. The number of carbonyl (C=O) groups is 2. The summed E-state index contributed by atoms with van der Waals surface area (Å²) in [6.07, 6.45) is 0. The number of amides is 1. The second-order valence-electron chi connectivity index (χ2n) is 4.51. The van der Waals surface area contributed by atoms with Gasteiger partial charge in [-0.25, -0.2) is 4.79 Å². The van der Waals surface area contributed by atoms with Crippen molar-refractivity contribution in [3.05, 3.63) is 11.3 Å². The molecule has 21 heavy (non-hydrogen) atoms. The third-order valence-electron chi connectivity index (χ3n) is 2.97. The highest BCUT2D eigenvalue weighted by Crippen LogP contribution is 2.40. The molecule has 2 heterocycles. The summed E-state index contributed by atoms with van der Waals surface area (Å²) >= 11 is 18.1. The number of carbonyl (C=O) groups excluding carboxylic acids is 2. The zero-order valence-electron chi connectivity index (χ0n) is 11.0. The summed E-state index contributed by atoms with van der Waals surface area (Å²) in [5, 5.41) is -0.270. The van der Waals surface area contributed by atoms with Crippen LogP contribution in [0.2, 0.25) is 0 Å². The van der Waals surface area contributed by atoms with E-state index in [4.69, 9.17) is 50.0 Å². The fourth-order valence-corrected chi connectivity index (χ4v) is 3.51. The molecule has 0 aromatic carbocycles. The molecule has 118 valence electrons. The number of thioether (sulfide) groups is 1. The topological polar surface area (TPSA) is 81.9 Å². The number of halogens is 3. The Labute approximate surface area is 140 Å². The third-order valence-corrected chi connectivity index (χ3v) is 4.66. The fourth-order valence-electron chi connectivity index (χ4n) is 2.07. The van der Waals surface area contributed by atoms with Crippen LogP contribution >= 0.6 is 46.6 Å². The normalized spacial score (nSPS) is 25.6. The first-order valence-electron chi connectivity index (χ1n) is 5.91. The van der Waals surface area contributed by atoms with Gasteiger partial charge in [-0.05, 0) is 5.57 Å². The van der Waals surface area contributed by atoms with E-state index in [0.29, 0.717) is 11.3 Å². The largest absolute Gasteiger partial charge is 0.456 e. The Balaban J connectivity index is 2.21. The number of fused-ring (bicyclic) bond motifs is 1. The van der Waals surface area contributed by atoms with Gasteiger partial charge in [0.05, 0.1) is 6.61 Å². The van der Waals surface area contributed by atoms with Crippen LogP contribution in [-0.4, -0.2) is 58.1 Å². The molecule has 0 aromatic heterocycles. The molecule has 6 nitrogen and oxygen atoms in total. The molecule has 0 radical (unpaired) electrons. The fraction of sp³-hybridized carbons (Fsp3) is 0.636. The van der Waals surface area contributed by atoms with Crippen molar-refractivity contribution in [1.29, 1.82) is 0 Å². The second kappa shape index (κ2) is 6.52. The summed E-state index contributed by atoms with van der Waals surface area (Å²) in [6.45, 7) is -0.205. The Morgan fingerprint density at radius 3 is 2.76 bits per heavy atom. The summed E-state index contributed by atoms with van der Waals surface area (Å²) < 4.78 is 8.30. The average Bonchev–Trinajstić information content (AvgIpc) is 2.43. The van der Waals surface area contributed by atoms with Crippen LogP contribution in [0.15, 0.2) is 11.3 Å². The van der Waals surface area contributed by atoms with Crippen LogP contribution in [0.5, 0.6) is 0 Å². The van der Waals surface area contributed by atoms with Crippen molar-refractivity contribution in [2.45, 2.75) is 15.2 Å². The predicted octanol–water partition coefficient (Wildman–Crippen LogP) is 1.04. The molecule has 0 saturated carbocycles. The predicted molar refractivity (Wildman–Crippen MR) is 81.2 cm³/mol. The van der Waals surface area contributed by atoms with Crippen molar-refractivity contribution in [2.75, 3.05) is 26.1 Å². The lowest BCUT2D eigenvalue weighted by Crippen LogP contribution is -2.68. The van der Waals surface area contributed by atoms with Gasteiger partial charge >= 0.3 is 5.97 Å². The minimum Gasteiger partial charge on any atom is -0.456 e. The van der Waals surface area contributed by atoms with Gasteiger partial charge in [-0.15, -0.1) is 11.8 Å². The van der Waals surface area contributed by atoms with E-state index in [1.807, 2.05) is 0 Å². The van der Waals surface area contributed by atoms with E-state index in [1.54, 1.807) is 0 Å². The Bertz CT molecular complexity index is 494. The molecule has 2 aliphatic rings. The molecular weight excluding hydrogens is 363 g/mol. The van der Waals surface area contributed by atoms with Gasteiger partial charge in [0, 0.05) is 12.9 Å². The zero-order chi connectivity index (χ0) is 15.8. The Morgan fingerprint density at radius 1 is 1.52 bits per heavy atom. The Hall–Kier alpha value is -0.180. The average molecular weight is 376 g/mol. The minimum atomic E-state index is -1.71. The van der Waals surface area contributed by atoms with Gasteiger partial charge in [-0.1, -0.05) is 34.8 Å². The maximum atomic E-state index is 12.2. The van der Waals surface area contributed by atoms with Gasteiger partial charge in [0.2, 0.25) is 9.70 Å². The smallest absolute Gasteiger partial charge is 0.355 e. The maximum absolute atomic E-state index is 12.2. The van der Waals surface area contributed by atoms with E-state index in [0.717, 1.165) is 0 Å². The van der Waals surface area contributed by atoms with Gasteiger partial charge in [-0.3, -0.25) is 9.69 Å². The highest BCUT2D eigenvalue weighted by molar-refractivity contribution is 8.00. The molecule has 2 aliphatic heterocycles. The molecular formula is C11H13Cl3N2O4S. The number of methoxy groups -OCH3 is 1. The molecule has 1 fully saturated rings. The van der Waals surface area contributed by atoms with Crippen LogP contribution in [0.4, 0.5) is 0 Å². The Kier molecular flexibility index (Phi) is 5.33. The van der Waals surface area contributed by atoms with E-state index in [-0.39, 0.29) is 23.6 Å². The lowest BCUT2D eigenvalue weighted by atomic mass is 10.0. The van der Waals surface area contributed by atoms with Crippen LogP contribution in [0.1, 0.15) is 0 Å². The van der Waals surface area contributed by atoms with Crippen LogP contribution < -0.4 is 5.73 Å². The zero-order valence-corrected chi connectivity index (χ0v) is 14.1. The quantitative estimate of drug-likeness (QED) is 0.449. The summed E-state index contributed by atoms with van der Waals surface area (Å²) in [6, 6.07) is -0.616. The van der Waals surface area contributed by atoms with E-state index in [2.05, 4.69) is 0 Å². The maximum Gasteiger partial charge on any atom is 0.355 e. The first kappa shape index (κ1) is 17.2. The molecule has 0 aromatic rings. The lowest BCUT2D eigenvalue weighted by molar-refractivity contribution is -0.150. The van der Waals surface area contributed by atoms with Crippen LogP contribution in [-0.2, 0) is 19.1 Å². The van der Waals surface area contributed by atoms with E-state index >= 15 is 0 Å². The molecule has 2 N–H and O–H groups in total. The molecule has 1 unspecified atom stereocenters. The van der Waals surface area contributed by atoms with E-state index in [9.17, 15) is 9.59 Å². The van der Waals surface area contributed by atoms with Crippen molar-refractivity contribution < 1.29 is 19.1 Å². The molecule has 0 aliphatic carbocycles. The monoisotopic (exact) mass is 374 g/mol. The van der Waals surface area contributed by atoms with Crippen molar-refractivity contribution in [1.82, 2.24) is 4.90 Å². The number of hydrogen-bond acceptors (Lipinski definition) is 6. The molecule has 0 bridgehead atoms. The number of nitrogens with zero attached hydrogens (tertiary/aromatic N) is 1. The molecule has 1 saturated heterocycles. The van der Waals surface area contributed by atoms with E-state index < -0.39 is 22.4 Å². The summed E-state index contributed by atoms with van der Waals surface area (Å²) in [4.78, 5) is 25.4. The van der Waals surface area contributed by atoms with Crippen molar-refractivity contribution in [3.63, 3.8) is 0 Å². The van der Waals surface area contributed by atoms with Crippen LogP contribution in [0.3, 0.4) is 0 Å². The SMILES string of the molecule is COCC1=C(C(=O)OCC(Cl)(Cl)Cl)N2C(=O)C(N)[C@H]2SC1. The Morgan fingerprint density at radius 2 is 2.19 bits per heavy atom. The van der Waals surface area contributed by atoms with Crippen molar-refractivity contribution in [3.8, 4) is 0 Å². The number of β-lactam (4-membered cyclic amide) rings is 1. The number of nitrogens with two attached hydrogens (primary N) is 1. The number of esters is 1. The lowest BCUT2D eigenvalue weighted by Gasteiger charge is -2.48. The molecule has 10 heteroatoms.